The van der Waals surface area contributed by atoms with Gasteiger partial charge in [0.05, 0.1) is 12.0 Å². The number of phenolic OH excluding ortho intramolecular Hbond substituents is 8. The first-order chi connectivity index (χ1) is 20.0. The van der Waals surface area contributed by atoms with Crippen molar-refractivity contribution < 1.29 is 60.2 Å². The maximum absolute atomic E-state index is 11.3. The van der Waals surface area contributed by atoms with Crippen molar-refractivity contribution in [2.24, 2.45) is 0 Å². The van der Waals surface area contributed by atoms with Crippen LogP contribution in [0.5, 0.6) is 57.5 Å². The van der Waals surface area contributed by atoms with Crippen LogP contribution in [0.2, 0.25) is 0 Å². The van der Waals surface area contributed by atoms with E-state index >= 15 is 0 Å². The van der Waals surface area contributed by atoms with Crippen LogP contribution in [0.3, 0.4) is 0 Å². The molecule has 216 valence electrons. The predicted molar refractivity (Wildman–Crippen MR) is 141 cm³/mol. The van der Waals surface area contributed by atoms with Crippen molar-refractivity contribution in [3.8, 4) is 57.5 Å². The van der Waals surface area contributed by atoms with Crippen molar-refractivity contribution in [2.45, 2.75) is 36.4 Å². The minimum atomic E-state index is -1.57. The lowest BCUT2D eigenvalue weighted by Crippen LogP contribution is -2.33. The maximum atomic E-state index is 11.3. The smallest absolute Gasteiger partial charge is 0.265 e. The zero-order chi connectivity index (χ0) is 29.7. The summed E-state index contributed by atoms with van der Waals surface area (Å²) in [4.78, 5) is 0. The van der Waals surface area contributed by atoms with Crippen molar-refractivity contribution in [2.75, 3.05) is 0 Å². The van der Waals surface area contributed by atoms with Crippen LogP contribution >= 0.6 is 0 Å². The van der Waals surface area contributed by atoms with Crippen LogP contribution in [0.15, 0.2) is 54.6 Å². The molecule has 3 aliphatic rings. The number of phenols is 8. The lowest BCUT2D eigenvalue weighted by Gasteiger charge is -2.36. The summed E-state index contributed by atoms with van der Waals surface area (Å²) in [5.41, 5.74) is 0.958. The van der Waals surface area contributed by atoms with Crippen LogP contribution in [0.25, 0.3) is 0 Å². The maximum Gasteiger partial charge on any atom is 0.265 e. The summed E-state index contributed by atoms with van der Waals surface area (Å²) in [6.07, 6.45) is -3.37. The molecule has 9 N–H and O–H groups in total. The summed E-state index contributed by atoms with van der Waals surface area (Å²) in [5, 5.41) is 94.0. The number of hydrogen-bond donors (Lipinski definition) is 9. The standard InChI is InChI=1S/C30H24O12/c31-13-7-20(37)24-23(8-13)41-30(12-2-4-16(33)19(36)6-12)29(42-30)26(24)25-21(38)10-17(34)14-9-22(39)27(40-28(14)25)11-1-3-15(32)18(35)5-11/h1-8,10,22,26-27,29,31-39H,9H2/t22-,26+,27-,29+,30+/m1/s1. The summed E-state index contributed by atoms with van der Waals surface area (Å²) in [7, 11) is 0. The Hall–Kier alpha value is -5.20. The summed E-state index contributed by atoms with van der Waals surface area (Å²) in [6.45, 7) is 0. The van der Waals surface area contributed by atoms with Crippen molar-refractivity contribution in [1.82, 2.24) is 0 Å². The predicted octanol–water partition coefficient (Wildman–Crippen LogP) is 3.14. The summed E-state index contributed by atoms with van der Waals surface area (Å²) >= 11 is 0. The number of benzene rings is 4. The number of hydrogen-bond acceptors (Lipinski definition) is 12. The van der Waals surface area contributed by atoms with E-state index < -0.39 is 47.3 Å². The number of aliphatic hydroxyl groups is 1. The van der Waals surface area contributed by atoms with Gasteiger partial charge in [-0.05, 0) is 35.9 Å². The van der Waals surface area contributed by atoms with Crippen LogP contribution in [0.1, 0.15) is 39.8 Å². The average molecular weight is 577 g/mol. The molecule has 0 bridgehead atoms. The third-order valence-electron chi connectivity index (χ3n) is 8.00. The second-order valence-electron chi connectivity index (χ2n) is 10.6. The van der Waals surface area contributed by atoms with Crippen LogP contribution in [0.4, 0.5) is 0 Å². The zero-order valence-corrected chi connectivity index (χ0v) is 21.5. The molecule has 4 aromatic rings. The highest BCUT2D eigenvalue weighted by atomic mass is 16.8. The van der Waals surface area contributed by atoms with Gasteiger partial charge in [0.1, 0.15) is 46.7 Å². The van der Waals surface area contributed by atoms with Gasteiger partial charge >= 0.3 is 0 Å². The molecule has 3 heterocycles. The Kier molecular flexibility index (Phi) is 5.30. The Bertz CT molecular complexity index is 1790. The van der Waals surface area contributed by atoms with Crippen LogP contribution in [-0.2, 0) is 16.9 Å². The van der Waals surface area contributed by atoms with Gasteiger partial charge in [-0.25, -0.2) is 0 Å². The van der Waals surface area contributed by atoms with Crippen LogP contribution in [-0.4, -0.2) is 58.2 Å². The molecule has 0 aliphatic carbocycles. The number of aromatic hydroxyl groups is 8. The van der Waals surface area contributed by atoms with Gasteiger partial charge in [-0.1, -0.05) is 6.07 Å². The SMILES string of the molecule is Oc1cc(O)c2c(c1)O[C@@]1(c3ccc(O)c(O)c3)O[C@H]1[C@@H]2c1c(O)cc(O)c2c1O[C@H](c1ccc(O)c(O)c1)[C@H](O)C2. The number of epoxide rings is 1. The van der Waals surface area contributed by atoms with Gasteiger partial charge in [-0.2, -0.15) is 0 Å². The molecule has 7 rings (SSSR count). The normalized spacial score (nSPS) is 25.4. The largest absolute Gasteiger partial charge is 0.508 e. The molecule has 12 nitrogen and oxygen atoms in total. The molecule has 0 amide bonds. The van der Waals surface area contributed by atoms with E-state index in [1.54, 1.807) is 0 Å². The van der Waals surface area contributed by atoms with Gasteiger partial charge in [0.25, 0.3) is 5.79 Å². The molecule has 1 fully saturated rings. The molecule has 5 atom stereocenters. The molecule has 3 aliphatic heterocycles. The van der Waals surface area contributed by atoms with E-state index in [4.69, 9.17) is 14.2 Å². The monoisotopic (exact) mass is 576 g/mol. The third kappa shape index (κ3) is 3.62. The number of ether oxygens (including phenoxy) is 3. The molecule has 0 radical (unpaired) electrons. The van der Waals surface area contributed by atoms with E-state index in [9.17, 15) is 46.0 Å². The summed E-state index contributed by atoms with van der Waals surface area (Å²) in [6, 6.07) is 11.3. The first-order valence-corrected chi connectivity index (χ1v) is 12.9. The molecule has 0 saturated carbocycles. The summed E-state index contributed by atoms with van der Waals surface area (Å²) < 4.78 is 18.4. The Morgan fingerprint density at radius 1 is 0.667 bits per heavy atom. The van der Waals surface area contributed by atoms with Gasteiger partial charge in [-0.15, -0.1) is 0 Å². The van der Waals surface area contributed by atoms with Gasteiger partial charge in [-0.3, -0.25) is 0 Å². The second-order valence-corrected chi connectivity index (χ2v) is 10.6. The average Bonchev–Trinajstić information content (AvgIpc) is 3.66. The second kappa shape index (κ2) is 8.65. The first kappa shape index (κ1) is 25.7. The minimum Gasteiger partial charge on any atom is -0.508 e. The van der Waals surface area contributed by atoms with Crippen molar-refractivity contribution in [1.29, 1.82) is 0 Å². The topological polar surface area (TPSA) is 213 Å². The quantitative estimate of drug-likeness (QED) is 0.127. The number of fused-ring (bicyclic) bond motifs is 3. The Balaban J connectivity index is 1.42. The molecule has 12 heteroatoms. The number of aliphatic hydroxyl groups excluding tert-OH is 1. The lowest BCUT2D eigenvalue weighted by atomic mass is 9.79. The van der Waals surface area contributed by atoms with Crippen molar-refractivity contribution in [3.05, 3.63) is 82.4 Å². The number of rotatable bonds is 3. The molecule has 4 aromatic carbocycles. The highest BCUT2D eigenvalue weighted by Gasteiger charge is 2.69. The summed E-state index contributed by atoms with van der Waals surface area (Å²) in [5.74, 6) is -5.76. The van der Waals surface area contributed by atoms with Crippen molar-refractivity contribution in [3.63, 3.8) is 0 Å². The van der Waals surface area contributed by atoms with E-state index in [-0.39, 0.29) is 63.4 Å². The highest BCUT2D eigenvalue weighted by Crippen LogP contribution is 2.65. The van der Waals surface area contributed by atoms with Gasteiger partial charge in [0.2, 0.25) is 0 Å². The van der Waals surface area contributed by atoms with Crippen molar-refractivity contribution >= 4 is 0 Å². The third-order valence-corrected chi connectivity index (χ3v) is 8.00. The minimum absolute atomic E-state index is 0.00380. The fourth-order valence-corrected chi connectivity index (χ4v) is 6.01. The van der Waals surface area contributed by atoms with Gasteiger partial charge in [0.15, 0.2) is 23.0 Å². The van der Waals surface area contributed by atoms with Gasteiger partial charge in [0, 0.05) is 46.9 Å². The molecular weight excluding hydrogens is 552 g/mol. The van der Waals surface area contributed by atoms with Crippen LogP contribution < -0.4 is 9.47 Å². The Morgan fingerprint density at radius 2 is 1.36 bits per heavy atom. The van der Waals surface area contributed by atoms with E-state index in [1.807, 2.05) is 0 Å². The van der Waals surface area contributed by atoms with Crippen LogP contribution in [0, 0.1) is 0 Å². The molecule has 42 heavy (non-hydrogen) atoms. The van der Waals surface area contributed by atoms with E-state index in [0.717, 1.165) is 12.1 Å². The van der Waals surface area contributed by atoms with E-state index in [0.29, 0.717) is 11.1 Å². The van der Waals surface area contributed by atoms with Gasteiger partial charge < -0.3 is 60.2 Å². The van der Waals surface area contributed by atoms with E-state index in [2.05, 4.69) is 0 Å². The Labute approximate surface area is 236 Å². The molecule has 0 aromatic heterocycles. The fourth-order valence-electron chi connectivity index (χ4n) is 6.01. The van der Waals surface area contributed by atoms with E-state index in [1.165, 1.54) is 42.5 Å². The first-order valence-electron chi connectivity index (χ1n) is 12.9. The lowest BCUT2D eigenvalue weighted by molar-refractivity contribution is 0.0185. The molecular formula is C30H24O12. The zero-order valence-electron chi connectivity index (χ0n) is 21.5. The Morgan fingerprint density at radius 3 is 2.07 bits per heavy atom. The molecule has 0 spiro atoms. The molecule has 0 unspecified atom stereocenters. The molecule has 1 saturated heterocycles. The highest BCUT2D eigenvalue weighted by molar-refractivity contribution is 5.67. The fraction of sp³-hybridized carbons (Fsp3) is 0.200.